The van der Waals surface area contributed by atoms with Crippen molar-refractivity contribution in [2.24, 2.45) is 0 Å². The van der Waals surface area contributed by atoms with E-state index in [4.69, 9.17) is 5.11 Å². The average Bonchev–Trinajstić information content (AvgIpc) is 2.78. The second-order valence-corrected chi connectivity index (χ2v) is 7.44. The molecule has 172 valence electrons. The van der Waals surface area contributed by atoms with Gasteiger partial charge in [0.1, 0.15) is 23.1 Å². The highest BCUT2D eigenvalue weighted by Gasteiger charge is 2.34. The van der Waals surface area contributed by atoms with Crippen molar-refractivity contribution >= 4 is 23.5 Å². The molecule has 1 atom stereocenters. The van der Waals surface area contributed by atoms with Crippen LogP contribution in [0, 0.1) is 24.4 Å². The van der Waals surface area contributed by atoms with Gasteiger partial charge in [-0.25, -0.2) is 27.8 Å². The average molecular weight is 459 g/mol. The molecule has 0 saturated carbocycles. The van der Waals surface area contributed by atoms with E-state index in [-0.39, 0.29) is 24.9 Å². The summed E-state index contributed by atoms with van der Waals surface area (Å²) in [5.74, 6) is -2.52. The number of nitrogens with zero attached hydrogens (tertiary/aromatic N) is 3. The molecule has 0 bridgehead atoms. The Morgan fingerprint density at radius 1 is 1.18 bits per heavy atom. The number of carbonyl (C=O) groups excluding carboxylic acids is 1. The van der Waals surface area contributed by atoms with Gasteiger partial charge >= 0.3 is 6.03 Å². The first kappa shape index (κ1) is 22.5. The minimum Gasteiger partial charge on any atom is -0.394 e. The zero-order valence-corrected chi connectivity index (χ0v) is 17.4. The molecular weight excluding hydrogens is 439 g/mol. The van der Waals surface area contributed by atoms with Gasteiger partial charge < -0.3 is 20.8 Å². The summed E-state index contributed by atoms with van der Waals surface area (Å²) in [6.45, 7) is 0.992. The molecule has 1 aliphatic heterocycles. The lowest BCUT2D eigenvalue weighted by atomic mass is 10.00. The molecule has 11 heteroatoms. The molecule has 0 aliphatic carbocycles. The third-order valence-electron chi connectivity index (χ3n) is 5.13. The molecule has 4 rings (SSSR count). The maximum atomic E-state index is 14.6. The Morgan fingerprint density at radius 2 is 1.91 bits per heavy atom. The summed E-state index contributed by atoms with van der Waals surface area (Å²) in [6, 6.07) is 6.47. The number of aromatic nitrogens is 2. The van der Waals surface area contributed by atoms with Crippen LogP contribution in [0.1, 0.15) is 11.1 Å². The molecule has 0 radical (unpaired) electrons. The summed E-state index contributed by atoms with van der Waals surface area (Å²) >= 11 is 0. The van der Waals surface area contributed by atoms with Crippen LogP contribution in [-0.2, 0) is 6.54 Å². The Hall–Kier alpha value is -3.70. The van der Waals surface area contributed by atoms with Crippen molar-refractivity contribution in [1.29, 1.82) is 0 Å². The summed E-state index contributed by atoms with van der Waals surface area (Å²) in [7, 11) is 0. The number of halogens is 3. The lowest BCUT2D eigenvalue weighted by Crippen LogP contribution is -2.43. The molecule has 2 aromatic carbocycles. The number of hydrogen-bond acceptors (Lipinski definition) is 6. The Kier molecular flexibility index (Phi) is 6.16. The lowest BCUT2D eigenvalue weighted by Gasteiger charge is -2.31. The minimum absolute atomic E-state index is 0.0353. The quantitative estimate of drug-likeness (QED) is 0.451. The van der Waals surface area contributed by atoms with E-state index in [0.29, 0.717) is 22.4 Å². The number of anilines is 3. The second kappa shape index (κ2) is 9.04. The first-order chi connectivity index (χ1) is 15.8. The molecule has 0 spiro atoms. The number of amides is 2. The number of urea groups is 1. The molecule has 0 saturated heterocycles. The molecule has 3 aromatic rings. The van der Waals surface area contributed by atoms with Crippen LogP contribution in [0.15, 0.2) is 36.4 Å². The summed E-state index contributed by atoms with van der Waals surface area (Å²) in [5.41, 5.74) is 1.11. The van der Waals surface area contributed by atoms with E-state index in [2.05, 4.69) is 20.6 Å². The van der Waals surface area contributed by atoms with Crippen LogP contribution in [0.2, 0.25) is 0 Å². The van der Waals surface area contributed by atoms with E-state index in [1.165, 1.54) is 24.3 Å². The van der Waals surface area contributed by atoms with E-state index in [1.807, 2.05) is 0 Å². The topological polar surface area (TPSA) is 111 Å². The van der Waals surface area contributed by atoms with Crippen molar-refractivity contribution in [3.63, 3.8) is 0 Å². The maximum Gasteiger partial charge on any atom is 0.328 e. The van der Waals surface area contributed by atoms with Gasteiger partial charge in [0, 0.05) is 17.7 Å². The van der Waals surface area contributed by atoms with Gasteiger partial charge in [0.05, 0.1) is 24.9 Å². The van der Waals surface area contributed by atoms with Crippen molar-refractivity contribution in [3.05, 3.63) is 65.0 Å². The van der Waals surface area contributed by atoms with Gasteiger partial charge in [-0.05, 0) is 42.8 Å². The minimum atomic E-state index is -1.12. The van der Waals surface area contributed by atoms with Crippen LogP contribution in [0.25, 0.3) is 11.3 Å². The summed E-state index contributed by atoms with van der Waals surface area (Å²) in [4.78, 5) is 22.2. The van der Waals surface area contributed by atoms with E-state index >= 15 is 0 Å². The molecule has 1 aliphatic rings. The Morgan fingerprint density at radius 3 is 2.58 bits per heavy atom. The molecule has 0 fully saturated rings. The monoisotopic (exact) mass is 459 g/mol. The van der Waals surface area contributed by atoms with E-state index in [0.717, 1.165) is 17.0 Å². The highest BCUT2D eigenvalue weighted by atomic mass is 19.1. The smallest absolute Gasteiger partial charge is 0.328 e. The van der Waals surface area contributed by atoms with Crippen LogP contribution in [0.3, 0.4) is 0 Å². The SMILES string of the molecule is Cc1cc(F)ccc1-c1nc(NCC(O)CO)nc2c1CNC(=O)N2c1c(F)cccc1F. The number of benzene rings is 2. The number of aryl methyl sites for hydroxylation is 1. The standard InChI is InChI=1S/C22H20F3N5O3/c1-11-7-12(23)5-6-14(11)18-15-9-27-22(33)30(19-16(24)3-2-4-17(19)25)20(15)29-21(28-18)26-8-13(32)10-31/h2-7,13,31-32H,8-10H2,1H3,(H,27,33)(H,26,28,29). The van der Waals surface area contributed by atoms with Crippen molar-refractivity contribution < 1.29 is 28.2 Å². The molecule has 8 nitrogen and oxygen atoms in total. The summed E-state index contributed by atoms with van der Waals surface area (Å²) < 4.78 is 42.9. The lowest BCUT2D eigenvalue weighted by molar-refractivity contribution is 0.105. The van der Waals surface area contributed by atoms with Crippen LogP contribution >= 0.6 is 0 Å². The highest BCUT2D eigenvalue weighted by Crippen LogP contribution is 2.39. The molecule has 33 heavy (non-hydrogen) atoms. The first-order valence-electron chi connectivity index (χ1n) is 10.0. The Bertz CT molecular complexity index is 1200. The summed E-state index contributed by atoms with van der Waals surface area (Å²) in [6.07, 6.45) is -1.12. The van der Waals surface area contributed by atoms with Gasteiger partial charge in [-0.15, -0.1) is 0 Å². The number of hydrogen-bond donors (Lipinski definition) is 4. The van der Waals surface area contributed by atoms with Crippen LogP contribution in [0.5, 0.6) is 0 Å². The van der Waals surface area contributed by atoms with Crippen LogP contribution in [0.4, 0.5) is 35.4 Å². The Balaban J connectivity index is 1.94. The zero-order chi connectivity index (χ0) is 23.7. The molecule has 1 aromatic heterocycles. The summed E-state index contributed by atoms with van der Waals surface area (Å²) in [5, 5.41) is 24.1. The van der Waals surface area contributed by atoms with Gasteiger partial charge in [-0.1, -0.05) is 6.07 Å². The largest absolute Gasteiger partial charge is 0.394 e. The molecule has 2 amide bonds. The number of fused-ring (bicyclic) bond motifs is 1. The van der Waals surface area contributed by atoms with Crippen LogP contribution < -0.4 is 15.5 Å². The van der Waals surface area contributed by atoms with Crippen molar-refractivity contribution in [2.45, 2.75) is 19.6 Å². The normalized spacial score (nSPS) is 14.0. The maximum absolute atomic E-state index is 14.6. The van der Waals surface area contributed by atoms with Gasteiger partial charge in [-0.2, -0.15) is 4.98 Å². The van der Waals surface area contributed by atoms with Gasteiger partial charge in [0.2, 0.25) is 5.95 Å². The fraction of sp³-hybridized carbons (Fsp3) is 0.227. The van der Waals surface area contributed by atoms with E-state index in [1.54, 1.807) is 6.92 Å². The Labute approximate surface area is 186 Å². The highest BCUT2D eigenvalue weighted by molar-refractivity contribution is 6.02. The number of para-hydroxylation sites is 1. The number of rotatable bonds is 6. The van der Waals surface area contributed by atoms with E-state index < -0.39 is 41.9 Å². The third-order valence-corrected chi connectivity index (χ3v) is 5.13. The number of carbonyl (C=O) groups is 1. The third kappa shape index (κ3) is 4.32. The molecular formula is C22H20F3N5O3. The van der Waals surface area contributed by atoms with Crippen LogP contribution in [-0.4, -0.2) is 45.5 Å². The van der Waals surface area contributed by atoms with Crippen molar-refractivity contribution in [2.75, 3.05) is 23.4 Å². The second-order valence-electron chi connectivity index (χ2n) is 7.44. The van der Waals surface area contributed by atoms with Gasteiger partial charge in [-0.3, -0.25) is 0 Å². The molecule has 1 unspecified atom stereocenters. The predicted octanol–water partition coefficient (Wildman–Crippen LogP) is 3.00. The van der Waals surface area contributed by atoms with Gasteiger partial charge in [0.25, 0.3) is 0 Å². The number of aliphatic hydroxyl groups is 2. The van der Waals surface area contributed by atoms with Gasteiger partial charge in [0.15, 0.2) is 5.82 Å². The fourth-order valence-corrected chi connectivity index (χ4v) is 3.54. The van der Waals surface area contributed by atoms with Crippen molar-refractivity contribution in [1.82, 2.24) is 15.3 Å². The zero-order valence-electron chi connectivity index (χ0n) is 17.4. The molecule has 4 N–H and O–H groups in total. The number of nitrogens with one attached hydrogen (secondary N) is 2. The molecule has 2 heterocycles. The predicted molar refractivity (Wildman–Crippen MR) is 114 cm³/mol. The van der Waals surface area contributed by atoms with Crippen molar-refractivity contribution in [3.8, 4) is 11.3 Å². The van der Waals surface area contributed by atoms with E-state index in [9.17, 15) is 23.1 Å². The number of aliphatic hydroxyl groups excluding tert-OH is 2. The fourth-order valence-electron chi connectivity index (χ4n) is 3.54. The first-order valence-corrected chi connectivity index (χ1v) is 10.0.